The number of ether oxygens (including phenoxy) is 1. The summed E-state index contributed by atoms with van der Waals surface area (Å²) in [4.78, 5) is 41.5. The minimum atomic E-state index is -0.270. The molecule has 7 heteroatoms. The van der Waals surface area contributed by atoms with Gasteiger partial charge in [-0.15, -0.1) is 0 Å². The molecule has 27 heavy (non-hydrogen) atoms. The van der Waals surface area contributed by atoms with Crippen LogP contribution in [0.25, 0.3) is 0 Å². The summed E-state index contributed by atoms with van der Waals surface area (Å²) in [7, 11) is 1.76. The van der Waals surface area contributed by atoms with Gasteiger partial charge in [-0.1, -0.05) is 13.8 Å². The van der Waals surface area contributed by atoms with Gasteiger partial charge in [0, 0.05) is 32.9 Å². The normalized spacial score (nSPS) is 22.9. The first-order valence-corrected chi connectivity index (χ1v) is 9.66. The second-order valence-electron chi connectivity index (χ2n) is 8.00. The molecule has 2 aliphatic heterocycles. The molecule has 0 radical (unpaired) electrons. The van der Waals surface area contributed by atoms with Gasteiger partial charge in [0.05, 0.1) is 25.2 Å². The molecule has 3 rings (SSSR count). The minimum absolute atomic E-state index is 0.0312. The summed E-state index contributed by atoms with van der Waals surface area (Å²) in [5.74, 6) is 0.242. The van der Waals surface area contributed by atoms with Gasteiger partial charge in [-0.2, -0.15) is 0 Å². The van der Waals surface area contributed by atoms with Gasteiger partial charge in [0.15, 0.2) is 0 Å². The number of hydrogen-bond donors (Lipinski definition) is 0. The van der Waals surface area contributed by atoms with Crippen LogP contribution in [0.2, 0.25) is 0 Å². The summed E-state index contributed by atoms with van der Waals surface area (Å²) in [6.45, 7) is 7.78. The van der Waals surface area contributed by atoms with Crippen molar-refractivity contribution in [2.75, 3.05) is 26.7 Å². The fraction of sp³-hybridized carbons (Fsp3) is 0.650. The quantitative estimate of drug-likeness (QED) is 0.795. The highest BCUT2D eigenvalue weighted by Crippen LogP contribution is 2.23. The molecule has 0 N–H and O–H groups in total. The van der Waals surface area contributed by atoms with Gasteiger partial charge < -0.3 is 19.1 Å². The van der Waals surface area contributed by atoms with Crippen LogP contribution in [-0.4, -0.2) is 65.1 Å². The van der Waals surface area contributed by atoms with E-state index in [1.807, 2.05) is 6.07 Å². The number of carbonyl (C=O) groups excluding carboxylic acids is 2. The monoisotopic (exact) mass is 375 g/mol. The van der Waals surface area contributed by atoms with E-state index in [1.54, 1.807) is 34.5 Å². The lowest BCUT2D eigenvalue weighted by Crippen LogP contribution is -2.43. The Bertz CT molecular complexity index is 786. The third kappa shape index (κ3) is 3.93. The standard InChI is InChI=1S/C20H29N3O4/c1-13(2)5-8-22-9-6-14(3)18(19(22)25)20(26)23-11-15-16(12-23)27-10-7-17(24)21(15)4/h6,9,13,15-16H,5,7-8,10-12H2,1-4H3/t15-,16-/m0/s1. The van der Waals surface area contributed by atoms with Crippen LogP contribution >= 0.6 is 0 Å². The Morgan fingerprint density at radius 1 is 1.30 bits per heavy atom. The molecule has 1 aromatic rings. The van der Waals surface area contributed by atoms with Crippen LogP contribution < -0.4 is 5.56 Å². The molecule has 0 saturated carbocycles. The number of carbonyl (C=O) groups is 2. The maximum atomic E-state index is 13.2. The number of hydrogen-bond acceptors (Lipinski definition) is 4. The number of aromatic nitrogens is 1. The van der Waals surface area contributed by atoms with Crippen molar-refractivity contribution in [1.29, 1.82) is 0 Å². The van der Waals surface area contributed by atoms with Crippen LogP contribution in [0.4, 0.5) is 0 Å². The van der Waals surface area contributed by atoms with Gasteiger partial charge >= 0.3 is 0 Å². The first-order valence-electron chi connectivity index (χ1n) is 9.66. The van der Waals surface area contributed by atoms with Crippen LogP contribution in [0, 0.1) is 12.8 Å². The van der Waals surface area contributed by atoms with Crippen LogP contribution in [0.3, 0.4) is 0 Å². The Hall–Kier alpha value is -2.15. The van der Waals surface area contributed by atoms with Gasteiger partial charge in [0.2, 0.25) is 5.91 Å². The molecule has 2 saturated heterocycles. The maximum absolute atomic E-state index is 13.2. The fourth-order valence-corrected chi connectivity index (χ4v) is 3.77. The van der Waals surface area contributed by atoms with E-state index in [0.717, 1.165) is 6.42 Å². The van der Waals surface area contributed by atoms with Crippen LogP contribution in [0.1, 0.15) is 42.6 Å². The number of likely N-dealkylation sites (N-methyl/N-ethyl adjacent to an activating group) is 1. The fourth-order valence-electron chi connectivity index (χ4n) is 3.77. The highest BCUT2D eigenvalue weighted by Gasteiger charge is 2.42. The Morgan fingerprint density at radius 3 is 2.74 bits per heavy atom. The molecule has 2 atom stereocenters. The molecule has 1 aromatic heterocycles. The SMILES string of the molecule is Cc1ccn(CCC(C)C)c(=O)c1C(=O)N1C[C@@H]2OCCC(=O)N(C)[C@H]2C1. The predicted octanol–water partition coefficient (Wildman–Crippen LogP) is 1.27. The molecule has 0 bridgehead atoms. The summed E-state index contributed by atoms with van der Waals surface area (Å²) in [5.41, 5.74) is 0.674. The molecule has 7 nitrogen and oxygen atoms in total. The molecule has 0 aromatic carbocycles. The number of nitrogens with zero attached hydrogens (tertiary/aromatic N) is 3. The zero-order chi connectivity index (χ0) is 19.7. The number of pyridine rings is 1. The van der Waals surface area contributed by atoms with E-state index in [1.165, 1.54) is 0 Å². The number of rotatable bonds is 4. The van der Waals surface area contributed by atoms with E-state index in [2.05, 4.69) is 13.8 Å². The minimum Gasteiger partial charge on any atom is -0.374 e. The molecule has 2 aliphatic rings. The van der Waals surface area contributed by atoms with Crippen molar-refractivity contribution < 1.29 is 14.3 Å². The molecule has 3 heterocycles. The number of aryl methyl sites for hydroxylation is 2. The zero-order valence-electron chi connectivity index (χ0n) is 16.6. The van der Waals surface area contributed by atoms with Gasteiger partial charge in [-0.05, 0) is 30.9 Å². The van der Waals surface area contributed by atoms with E-state index < -0.39 is 0 Å². The second kappa shape index (κ2) is 7.84. The first-order chi connectivity index (χ1) is 12.8. The Balaban J connectivity index is 1.83. The van der Waals surface area contributed by atoms with Gasteiger partial charge in [0.25, 0.3) is 11.5 Å². The van der Waals surface area contributed by atoms with Crippen LogP contribution in [0.15, 0.2) is 17.1 Å². The highest BCUT2D eigenvalue weighted by atomic mass is 16.5. The molecule has 148 valence electrons. The van der Waals surface area contributed by atoms with Crippen molar-refractivity contribution in [2.45, 2.75) is 52.3 Å². The van der Waals surface area contributed by atoms with Crippen molar-refractivity contribution in [3.8, 4) is 0 Å². The average molecular weight is 375 g/mol. The zero-order valence-corrected chi connectivity index (χ0v) is 16.6. The van der Waals surface area contributed by atoms with Crippen molar-refractivity contribution in [3.63, 3.8) is 0 Å². The lowest BCUT2D eigenvalue weighted by Gasteiger charge is -2.25. The number of likely N-dealkylation sites (tertiary alicyclic amines) is 1. The smallest absolute Gasteiger partial charge is 0.263 e. The molecule has 2 fully saturated rings. The van der Waals surface area contributed by atoms with E-state index in [-0.39, 0.29) is 35.1 Å². The summed E-state index contributed by atoms with van der Waals surface area (Å²) >= 11 is 0. The molecule has 0 unspecified atom stereocenters. The average Bonchev–Trinajstić information content (AvgIpc) is 2.99. The van der Waals surface area contributed by atoms with Crippen molar-refractivity contribution in [3.05, 3.63) is 33.7 Å². The van der Waals surface area contributed by atoms with Gasteiger partial charge in [0.1, 0.15) is 5.56 Å². The first kappa shape index (κ1) is 19.6. The molecule has 0 spiro atoms. The summed E-state index contributed by atoms with van der Waals surface area (Å²) in [5, 5.41) is 0. The van der Waals surface area contributed by atoms with Crippen molar-refractivity contribution in [2.24, 2.45) is 5.92 Å². The van der Waals surface area contributed by atoms with E-state index in [4.69, 9.17) is 4.74 Å². The van der Waals surface area contributed by atoms with E-state index in [9.17, 15) is 14.4 Å². The van der Waals surface area contributed by atoms with Crippen molar-refractivity contribution in [1.82, 2.24) is 14.4 Å². The van der Waals surface area contributed by atoms with E-state index >= 15 is 0 Å². The Morgan fingerprint density at radius 2 is 2.04 bits per heavy atom. The van der Waals surface area contributed by atoms with Gasteiger partial charge in [-0.25, -0.2) is 0 Å². The Kier molecular flexibility index (Phi) is 5.69. The lowest BCUT2D eigenvalue weighted by atomic mass is 10.1. The summed E-state index contributed by atoms with van der Waals surface area (Å²) in [6, 6.07) is 1.67. The maximum Gasteiger partial charge on any atom is 0.263 e. The second-order valence-corrected chi connectivity index (χ2v) is 8.00. The van der Waals surface area contributed by atoms with Crippen LogP contribution in [0.5, 0.6) is 0 Å². The third-order valence-electron chi connectivity index (χ3n) is 5.60. The molecular weight excluding hydrogens is 346 g/mol. The van der Waals surface area contributed by atoms with Gasteiger partial charge in [-0.3, -0.25) is 14.4 Å². The lowest BCUT2D eigenvalue weighted by molar-refractivity contribution is -0.131. The molecular formula is C20H29N3O4. The van der Waals surface area contributed by atoms with E-state index in [0.29, 0.717) is 44.1 Å². The predicted molar refractivity (Wildman–Crippen MR) is 102 cm³/mol. The molecule has 2 amide bonds. The highest BCUT2D eigenvalue weighted by molar-refractivity contribution is 5.95. The Labute approximate surface area is 159 Å². The number of fused-ring (bicyclic) bond motifs is 1. The van der Waals surface area contributed by atoms with Crippen molar-refractivity contribution >= 4 is 11.8 Å². The third-order valence-corrected chi connectivity index (χ3v) is 5.60. The number of amides is 2. The largest absolute Gasteiger partial charge is 0.374 e. The molecule has 0 aliphatic carbocycles. The topological polar surface area (TPSA) is 71.9 Å². The summed E-state index contributed by atoms with van der Waals surface area (Å²) < 4.78 is 7.42. The summed E-state index contributed by atoms with van der Waals surface area (Å²) in [6.07, 6.45) is 2.82. The van der Waals surface area contributed by atoms with Crippen LogP contribution in [-0.2, 0) is 16.1 Å².